The monoisotopic (exact) mass is 389 g/mol. The van der Waals surface area contributed by atoms with Crippen molar-refractivity contribution in [2.24, 2.45) is 34.2 Å². The summed E-state index contributed by atoms with van der Waals surface area (Å²) in [5.74, 6) is 3.55. The molecule has 0 bridgehead atoms. The number of fused-ring (bicyclic) bond motifs is 5. The van der Waals surface area contributed by atoms with Crippen LogP contribution in [0.15, 0.2) is 16.8 Å². The van der Waals surface area contributed by atoms with Gasteiger partial charge in [0.25, 0.3) is 0 Å². The molecule has 0 unspecified atom stereocenters. The molecule has 4 aliphatic carbocycles. The first-order valence-corrected chi connectivity index (χ1v) is 14.8. The van der Waals surface area contributed by atoms with E-state index in [9.17, 15) is 0 Å². The molecule has 0 saturated heterocycles. The molecule has 0 aliphatic heterocycles. The second kappa shape index (κ2) is 7.33. The van der Waals surface area contributed by atoms with Gasteiger partial charge in [-0.05, 0) is 113 Å². The highest BCUT2D eigenvalue weighted by Crippen LogP contribution is 2.63. The summed E-state index contributed by atoms with van der Waals surface area (Å²) in [6.45, 7) is 9.55. The molecule has 3 nitrogen and oxygen atoms in total. The summed E-state index contributed by atoms with van der Waals surface area (Å²) in [5.41, 5.74) is 3.31. The Kier molecular flexibility index (Phi) is 5.35. The van der Waals surface area contributed by atoms with Gasteiger partial charge in [-0.3, -0.25) is 0 Å². The second-order valence-corrected chi connectivity index (χ2v) is 15.0. The molecule has 4 heteroatoms. The van der Waals surface area contributed by atoms with Crippen molar-refractivity contribution in [3.05, 3.63) is 11.6 Å². The van der Waals surface area contributed by atoms with Gasteiger partial charge in [0.1, 0.15) is 7.11 Å². The standard InChI is InChI=1S/C23H39NO2Si/c1-6-23-14-13-19-18-10-8-17(24-25-2)15-16(18)7-9-20(19)21(23)11-12-22(23)26-27(3,4)5/h15,18-22H,6-14H2,1-5H3/b24-17+/t18-,19+,20+,21-,22-,23-/m0/s1. The van der Waals surface area contributed by atoms with E-state index in [-0.39, 0.29) is 0 Å². The molecule has 152 valence electrons. The van der Waals surface area contributed by atoms with Crippen molar-refractivity contribution < 1.29 is 9.26 Å². The third-order valence-corrected chi connectivity index (χ3v) is 9.31. The Hall–Kier alpha value is -0.613. The Morgan fingerprint density at radius 1 is 1.07 bits per heavy atom. The lowest BCUT2D eigenvalue weighted by Gasteiger charge is -2.55. The van der Waals surface area contributed by atoms with E-state index in [2.05, 4.69) is 37.8 Å². The Morgan fingerprint density at radius 3 is 2.59 bits per heavy atom. The maximum absolute atomic E-state index is 6.79. The maximum Gasteiger partial charge on any atom is 0.184 e. The minimum absolute atomic E-state index is 0.472. The van der Waals surface area contributed by atoms with E-state index in [4.69, 9.17) is 9.26 Å². The van der Waals surface area contributed by atoms with Crippen LogP contribution in [0.2, 0.25) is 19.6 Å². The summed E-state index contributed by atoms with van der Waals surface area (Å²) in [6, 6.07) is 0. The van der Waals surface area contributed by atoms with Crippen molar-refractivity contribution >= 4 is 14.0 Å². The first kappa shape index (κ1) is 19.7. The largest absolute Gasteiger partial charge is 0.414 e. The fourth-order valence-electron chi connectivity index (χ4n) is 7.42. The summed E-state index contributed by atoms with van der Waals surface area (Å²) in [6.07, 6.45) is 14.8. The van der Waals surface area contributed by atoms with Crippen LogP contribution in [-0.2, 0) is 9.26 Å². The summed E-state index contributed by atoms with van der Waals surface area (Å²) < 4.78 is 6.79. The molecule has 6 atom stereocenters. The third-order valence-electron chi connectivity index (χ3n) is 8.31. The highest BCUT2D eigenvalue weighted by Gasteiger charge is 2.58. The molecular formula is C23H39NO2Si. The van der Waals surface area contributed by atoms with Gasteiger partial charge in [-0.25, -0.2) is 0 Å². The van der Waals surface area contributed by atoms with E-state index >= 15 is 0 Å². The summed E-state index contributed by atoms with van der Waals surface area (Å²) in [4.78, 5) is 5.04. The van der Waals surface area contributed by atoms with E-state index in [0.717, 1.165) is 35.8 Å². The van der Waals surface area contributed by atoms with E-state index in [1.165, 1.54) is 51.4 Å². The normalized spacial score (nSPS) is 42.9. The van der Waals surface area contributed by atoms with Gasteiger partial charge in [0.05, 0.1) is 11.8 Å². The van der Waals surface area contributed by atoms with Crippen LogP contribution >= 0.6 is 0 Å². The Balaban J connectivity index is 1.56. The number of allylic oxidation sites excluding steroid dienone is 2. The van der Waals surface area contributed by atoms with Crippen LogP contribution < -0.4 is 0 Å². The molecule has 0 radical (unpaired) electrons. The quantitative estimate of drug-likeness (QED) is 0.425. The predicted octanol–water partition coefficient (Wildman–Crippen LogP) is 6.17. The van der Waals surface area contributed by atoms with E-state index in [1.807, 2.05) is 0 Å². The summed E-state index contributed by atoms with van der Waals surface area (Å²) in [7, 11) is 0.182. The zero-order chi connectivity index (χ0) is 19.2. The highest BCUT2D eigenvalue weighted by molar-refractivity contribution is 6.69. The molecule has 4 aliphatic rings. The summed E-state index contributed by atoms with van der Waals surface area (Å²) >= 11 is 0. The average Bonchev–Trinajstić information content (AvgIpc) is 2.99. The fourth-order valence-corrected chi connectivity index (χ4v) is 8.62. The van der Waals surface area contributed by atoms with Gasteiger partial charge in [0.15, 0.2) is 8.32 Å². The molecule has 0 amide bonds. The zero-order valence-corrected chi connectivity index (χ0v) is 19.1. The lowest BCUT2D eigenvalue weighted by Crippen LogP contribution is -2.50. The van der Waals surface area contributed by atoms with Gasteiger partial charge >= 0.3 is 0 Å². The van der Waals surface area contributed by atoms with Crippen LogP contribution in [0.4, 0.5) is 0 Å². The molecule has 27 heavy (non-hydrogen) atoms. The van der Waals surface area contributed by atoms with Crippen LogP contribution in [0.25, 0.3) is 0 Å². The van der Waals surface area contributed by atoms with Crippen molar-refractivity contribution in [3.63, 3.8) is 0 Å². The lowest BCUT2D eigenvalue weighted by molar-refractivity contribution is -0.0607. The molecule has 3 fully saturated rings. The number of rotatable bonds is 4. The first-order valence-electron chi connectivity index (χ1n) is 11.4. The molecule has 0 spiro atoms. The van der Waals surface area contributed by atoms with Gasteiger partial charge in [0, 0.05) is 0 Å². The molecule has 0 aromatic heterocycles. The second-order valence-electron chi connectivity index (χ2n) is 10.5. The molecule has 0 aromatic rings. The molecule has 0 heterocycles. The number of hydrogen-bond donors (Lipinski definition) is 0. The predicted molar refractivity (Wildman–Crippen MR) is 114 cm³/mol. The van der Waals surface area contributed by atoms with Crippen LogP contribution in [-0.4, -0.2) is 27.2 Å². The van der Waals surface area contributed by atoms with Crippen LogP contribution in [0.5, 0.6) is 0 Å². The zero-order valence-electron chi connectivity index (χ0n) is 18.1. The van der Waals surface area contributed by atoms with E-state index in [0.29, 0.717) is 11.5 Å². The number of oxime groups is 1. The van der Waals surface area contributed by atoms with Crippen LogP contribution in [0, 0.1) is 29.1 Å². The average molecular weight is 390 g/mol. The van der Waals surface area contributed by atoms with Crippen LogP contribution in [0.3, 0.4) is 0 Å². The lowest BCUT2D eigenvalue weighted by atomic mass is 9.51. The number of hydrogen-bond acceptors (Lipinski definition) is 3. The molecule has 0 aromatic carbocycles. The summed E-state index contributed by atoms with van der Waals surface area (Å²) in [5, 5.41) is 4.23. The van der Waals surface area contributed by atoms with Gasteiger partial charge in [-0.1, -0.05) is 17.7 Å². The molecular weight excluding hydrogens is 350 g/mol. The Labute approximate surface area is 167 Å². The van der Waals surface area contributed by atoms with Crippen molar-refractivity contribution in [1.82, 2.24) is 0 Å². The minimum atomic E-state index is -1.48. The maximum atomic E-state index is 6.79. The fraction of sp³-hybridized carbons (Fsp3) is 0.870. The third kappa shape index (κ3) is 3.46. The SMILES string of the molecule is CC[C@]12CC[C@H]3[C@@H](CCC4=C/C(=N/OC)CC[C@@H]43)[C@@H]1CC[C@@H]2O[Si](C)(C)C. The van der Waals surface area contributed by atoms with E-state index < -0.39 is 8.32 Å². The smallest absolute Gasteiger partial charge is 0.184 e. The Morgan fingerprint density at radius 2 is 1.89 bits per heavy atom. The van der Waals surface area contributed by atoms with Gasteiger partial charge < -0.3 is 9.26 Å². The van der Waals surface area contributed by atoms with Crippen molar-refractivity contribution in [3.8, 4) is 0 Å². The minimum Gasteiger partial charge on any atom is -0.414 e. The highest BCUT2D eigenvalue weighted by atomic mass is 28.4. The van der Waals surface area contributed by atoms with Crippen molar-refractivity contribution in [1.29, 1.82) is 0 Å². The van der Waals surface area contributed by atoms with Gasteiger partial charge in [-0.2, -0.15) is 0 Å². The number of nitrogens with zero attached hydrogens (tertiary/aromatic N) is 1. The first-order chi connectivity index (χ1) is 12.9. The van der Waals surface area contributed by atoms with Crippen LogP contribution in [0.1, 0.15) is 64.7 Å². The molecule has 4 rings (SSSR count). The topological polar surface area (TPSA) is 30.8 Å². The molecule has 0 N–H and O–H groups in total. The van der Waals surface area contributed by atoms with E-state index in [1.54, 1.807) is 12.7 Å². The van der Waals surface area contributed by atoms with Crippen molar-refractivity contribution in [2.45, 2.75) is 90.5 Å². The Bertz CT molecular complexity index is 622. The van der Waals surface area contributed by atoms with Crippen molar-refractivity contribution in [2.75, 3.05) is 7.11 Å². The van der Waals surface area contributed by atoms with Gasteiger partial charge in [0.2, 0.25) is 0 Å². The van der Waals surface area contributed by atoms with Gasteiger partial charge in [-0.15, -0.1) is 0 Å². The molecule has 3 saturated carbocycles.